The van der Waals surface area contributed by atoms with Crippen LogP contribution in [-0.4, -0.2) is 182 Å². The average Bonchev–Trinajstić information content (AvgIpc) is 1.32. The van der Waals surface area contributed by atoms with Crippen LogP contribution in [0.2, 0.25) is 0 Å². The molecule has 0 saturated carbocycles. The minimum Gasteiger partial charge on any atom is -0.475 e. The first kappa shape index (κ1) is 102. The molecule has 0 aliphatic carbocycles. The number of amides is 7. The maximum absolute atomic E-state index is 12.4. The Balaban J connectivity index is 0.000000170. The number of likely N-dealkylation sites (tertiary alicyclic amines) is 2. The van der Waals surface area contributed by atoms with Gasteiger partial charge in [-0.25, -0.2) is 54.3 Å². The van der Waals surface area contributed by atoms with Crippen molar-refractivity contribution in [2.75, 3.05) is 52.4 Å². The van der Waals surface area contributed by atoms with E-state index in [-0.39, 0.29) is 46.4 Å². The molecule has 0 radical (unpaired) electrons. The van der Waals surface area contributed by atoms with E-state index in [0.29, 0.717) is 120 Å². The minimum atomic E-state index is -5.08. The molecule has 8 aromatic carbocycles. The van der Waals surface area contributed by atoms with Gasteiger partial charge in [-0.2, -0.15) is 13.2 Å². The number of halogens is 4. The van der Waals surface area contributed by atoms with Crippen LogP contribution in [0.15, 0.2) is 275 Å². The molecule has 4 aliphatic heterocycles. The van der Waals surface area contributed by atoms with Gasteiger partial charge < -0.3 is 76.5 Å². The third kappa shape index (κ3) is 29.8. The van der Waals surface area contributed by atoms with E-state index in [4.69, 9.17) is 77.8 Å². The number of allylic oxidation sites excluding steroid dienone is 1. The predicted octanol–water partition coefficient (Wildman–Crippen LogP) is 17.6. The Kier molecular flexibility index (Phi) is 35.1. The number of benzene rings is 8. The van der Waals surface area contributed by atoms with Gasteiger partial charge in [-0.1, -0.05) is 92.0 Å². The molecule has 8 heterocycles. The number of carbonyl (C=O) groups is 9. The third-order valence-electron chi connectivity index (χ3n) is 20.6. The molecule has 3 atom stereocenters. The number of carbonyl (C=O) groups excluding carboxylic acids is 8. The number of nitrogens with one attached hydrogen (secondary N) is 1. The molecule has 4 aliphatic rings. The topological polar surface area (TPSA) is 458 Å². The van der Waals surface area contributed by atoms with Gasteiger partial charge in [0.2, 0.25) is 11.1 Å². The fraction of sp³-hybridized carbons (Fsp3) is 0.225. The SMILES string of the molecule is C=CC(=O)Cl.C=CC(=O)N1CCC(c2ncc(C(N)=O)c(-c3ccc(Oc4ccccc4)cc3)n2)C1.CC(C)(C)OC(=O)N1CC=C(c2ncc(C(N)=O)c(-c3ccc(Oc4ccccc4)cc3)n2)C1.CC(C)(C)OC(=O)N1CCC(c2ncc(C(N)=O)c(-c3ccc(Oc4ccccc4)cc3)n2)C1.NC(=O)c1cnc(C2CCNC2)nc1-c1ccc(Oc2ccccc2)cc1.O=C(O)C(F)(F)F. The van der Waals surface area contributed by atoms with Gasteiger partial charge >= 0.3 is 24.3 Å². The monoisotopic (exact) mass is 1900 g/mol. The van der Waals surface area contributed by atoms with Crippen molar-refractivity contribution < 1.29 is 89.8 Å². The molecule has 36 heteroatoms. The lowest BCUT2D eigenvalue weighted by atomic mass is 10.0. The Bertz CT molecular complexity index is 6310. The van der Waals surface area contributed by atoms with E-state index >= 15 is 0 Å². The van der Waals surface area contributed by atoms with Crippen molar-refractivity contribution in [2.24, 2.45) is 22.9 Å². The Morgan fingerprint density at radius 2 is 0.717 bits per heavy atom. The molecular formula is C102H100ClF3N16O16. The number of carboxylic acid groups (broad SMARTS) is 1. The van der Waals surface area contributed by atoms with Crippen LogP contribution in [0.5, 0.6) is 46.0 Å². The fourth-order valence-corrected chi connectivity index (χ4v) is 14.0. The summed E-state index contributed by atoms with van der Waals surface area (Å²) in [6, 6.07) is 67.2. The number of aliphatic carboxylic acids is 1. The first-order valence-electron chi connectivity index (χ1n) is 43.3. The summed E-state index contributed by atoms with van der Waals surface area (Å²) in [4.78, 5) is 144. The standard InChI is InChI=1S/C26H28N4O4.C26H26N4O4.C24H22N4O3.C21H20N4O2.C3H3ClO.C2HF3O2/c2*1-26(2,3)34-25(32)30-14-13-18(16-30)24-28-15-21(23(27)31)22(29-24)17-9-11-20(12-10-17)33-19-7-5-4-6-8-19;1-2-21(29)28-13-12-17(15-28)24-26-14-20(23(25)30)22(27-24)16-8-10-19(11-9-16)31-18-6-4-3-5-7-18;22-20(26)18-13-24-21(15-10-11-23-12-15)25-19(18)14-6-8-17(9-7-14)27-16-4-2-1-3-5-16;1-2-3(4)5;3-2(4,5)1(6)7/h4-12,15,18H,13-14,16H2,1-3H3,(H2,27,31);4-13,15H,14,16H2,1-3H3,(H2,27,31);2-11,14,17H,1,12-13,15H2,(H2,25,30);1-9,13,15,23H,10-12H2,(H2,22,26);2H,1H2;(H,6,7). The van der Waals surface area contributed by atoms with E-state index in [9.17, 15) is 51.5 Å². The maximum Gasteiger partial charge on any atom is 0.490 e. The number of primary amides is 4. The third-order valence-corrected chi connectivity index (χ3v) is 20.8. The van der Waals surface area contributed by atoms with Crippen LogP contribution in [0.4, 0.5) is 22.8 Å². The van der Waals surface area contributed by atoms with E-state index in [1.165, 1.54) is 30.9 Å². The van der Waals surface area contributed by atoms with Crippen molar-refractivity contribution in [2.45, 2.75) is 95.9 Å². The molecule has 10 N–H and O–H groups in total. The number of hydrogen-bond donors (Lipinski definition) is 6. The quantitative estimate of drug-likeness (QED) is 0.0271. The lowest BCUT2D eigenvalue weighted by Gasteiger charge is -2.24. The van der Waals surface area contributed by atoms with E-state index < -0.39 is 58.3 Å². The van der Waals surface area contributed by atoms with Crippen molar-refractivity contribution in [3.63, 3.8) is 0 Å². The first-order chi connectivity index (χ1) is 65.8. The number of nitrogens with two attached hydrogens (primary N) is 4. The summed E-state index contributed by atoms with van der Waals surface area (Å²) in [6.07, 6.45) is 6.72. The Hall–Kier alpha value is -16.4. The summed E-state index contributed by atoms with van der Waals surface area (Å²) in [6.45, 7) is 22.3. The highest BCUT2D eigenvalue weighted by atomic mass is 35.5. The van der Waals surface area contributed by atoms with Crippen LogP contribution in [0.1, 0.15) is 143 Å². The van der Waals surface area contributed by atoms with Crippen LogP contribution < -0.4 is 47.2 Å². The summed E-state index contributed by atoms with van der Waals surface area (Å²) in [7, 11) is 0. The number of para-hydroxylation sites is 4. The molecule has 3 saturated heterocycles. The molecule has 138 heavy (non-hydrogen) atoms. The summed E-state index contributed by atoms with van der Waals surface area (Å²) in [5.74, 6) is 2.92. The largest absolute Gasteiger partial charge is 0.490 e. The highest BCUT2D eigenvalue weighted by Crippen LogP contribution is 2.37. The molecule has 3 unspecified atom stereocenters. The molecular weight excluding hydrogens is 1800 g/mol. The zero-order valence-corrected chi connectivity index (χ0v) is 76.8. The molecule has 32 nitrogen and oxygen atoms in total. The molecule has 0 spiro atoms. The molecule has 0 bridgehead atoms. The maximum atomic E-state index is 12.4. The zero-order valence-electron chi connectivity index (χ0n) is 76.1. The van der Waals surface area contributed by atoms with Crippen molar-refractivity contribution in [1.82, 2.24) is 59.9 Å². The smallest absolute Gasteiger partial charge is 0.475 e. The zero-order chi connectivity index (χ0) is 99.4. The Morgan fingerprint density at radius 3 is 1.01 bits per heavy atom. The van der Waals surface area contributed by atoms with Crippen molar-refractivity contribution in [3.8, 4) is 91.0 Å². The number of ether oxygens (including phenoxy) is 6. The van der Waals surface area contributed by atoms with E-state index in [0.717, 1.165) is 83.1 Å². The average molecular weight is 1900 g/mol. The number of hydrogen-bond acceptors (Lipinski definition) is 24. The molecule has 712 valence electrons. The normalized spacial score (nSPS) is 14.6. The summed E-state index contributed by atoms with van der Waals surface area (Å²) < 4.78 is 66.0. The summed E-state index contributed by atoms with van der Waals surface area (Å²) >= 11 is 4.71. The lowest BCUT2D eigenvalue weighted by molar-refractivity contribution is -0.192. The van der Waals surface area contributed by atoms with Gasteiger partial charge in [-0.05, 0) is 237 Å². The second-order valence-corrected chi connectivity index (χ2v) is 33.5. The fourth-order valence-electron chi connectivity index (χ4n) is 14.0. The molecule has 3 fully saturated rings. The van der Waals surface area contributed by atoms with Crippen LogP contribution >= 0.6 is 11.6 Å². The van der Waals surface area contributed by atoms with E-state index in [1.54, 1.807) is 26.8 Å². The van der Waals surface area contributed by atoms with Crippen molar-refractivity contribution in [1.29, 1.82) is 0 Å². The highest BCUT2D eigenvalue weighted by molar-refractivity contribution is 6.66. The molecule has 16 rings (SSSR count). The van der Waals surface area contributed by atoms with E-state index in [2.05, 4.69) is 53.4 Å². The summed E-state index contributed by atoms with van der Waals surface area (Å²) in [5.41, 5.74) is 27.8. The van der Waals surface area contributed by atoms with Gasteiger partial charge in [-0.3, -0.25) is 28.8 Å². The minimum absolute atomic E-state index is 0.00902. The van der Waals surface area contributed by atoms with Crippen molar-refractivity contribution in [3.05, 3.63) is 320 Å². The van der Waals surface area contributed by atoms with E-state index in [1.807, 2.05) is 254 Å². The number of carboxylic acids is 1. The Labute approximate surface area is 798 Å². The van der Waals surface area contributed by atoms with Crippen LogP contribution in [-0.2, 0) is 23.9 Å². The van der Waals surface area contributed by atoms with Crippen LogP contribution in [0.25, 0.3) is 50.6 Å². The highest BCUT2D eigenvalue weighted by Gasteiger charge is 2.39. The molecule has 4 aromatic heterocycles. The number of rotatable bonds is 22. The van der Waals surface area contributed by atoms with Gasteiger partial charge in [0.05, 0.1) is 51.6 Å². The number of alkyl halides is 3. The number of aromatic nitrogens is 8. The van der Waals surface area contributed by atoms with Gasteiger partial charge in [0.25, 0.3) is 23.6 Å². The predicted molar refractivity (Wildman–Crippen MR) is 510 cm³/mol. The second kappa shape index (κ2) is 47.5. The first-order valence-corrected chi connectivity index (χ1v) is 43.6. The van der Waals surface area contributed by atoms with Crippen LogP contribution in [0.3, 0.4) is 0 Å². The van der Waals surface area contributed by atoms with Gasteiger partial charge in [0.1, 0.15) is 74.7 Å². The lowest BCUT2D eigenvalue weighted by Crippen LogP contribution is -2.35. The van der Waals surface area contributed by atoms with Gasteiger partial charge in [-0.15, -0.1) is 0 Å². The second-order valence-electron chi connectivity index (χ2n) is 33.1. The molecule has 7 amide bonds. The number of nitrogens with zero attached hydrogens (tertiary/aromatic N) is 11. The van der Waals surface area contributed by atoms with Crippen LogP contribution in [0, 0.1) is 0 Å². The van der Waals surface area contributed by atoms with Gasteiger partial charge in [0.15, 0.2) is 5.82 Å². The molecule has 12 aromatic rings. The Morgan fingerprint density at radius 1 is 0.420 bits per heavy atom. The van der Waals surface area contributed by atoms with Crippen molar-refractivity contribution >= 4 is 70.1 Å². The van der Waals surface area contributed by atoms with Gasteiger partial charge in [0, 0.05) is 110 Å². The summed E-state index contributed by atoms with van der Waals surface area (Å²) in [5, 5.41) is 9.93.